The fourth-order valence-corrected chi connectivity index (χ4v) is 3.06. The Morgan fingerprint density at radius 2 is 2.12 bits per heavy atom. The lowest BCUT2D eigenvalue weighted by Crippen LogP contribution is -2.22. The molecule has 2 fully saturated rings. The third-order valence-corrected chi connectivity index (χ3v) is 4.15. The summed E-state index contributed by atoms with van der Waals surface area (Å²) in [6.45, 7) is 0. The highest BCUT2D eigenvalue weighted by molar-refractivity contribution is 5.14. The number of rotatable bonds is 4. The van der Waals surface area contributed by atoms with Crippen molar-refractivity contribution in [3.05, 3.63) is 18.1 Å². The van der Waals surface area contributed by atoms with Gasteiger partial charge in [0.25, 0.3) is 0 Å². The first-order chi connectivity index (χ1) is 8.26. The summed E-state index contributed by atoms with van der Waals surface area (Å²) in [6.07, 6.45) is 5.64. The van der Waals surface area contributed by atoms with E-state index in [2.05, 4.69) is 9.97 Å². The van der Waals surface area contributed by atoms with Gasteiger partial charge in [-0.3, -0.25) is 0 Å². The van der Waals surface area contributed by atoms with E-state index >= 15 is 0 Å². The summed E-state index contributed by atoms with van der Waals surface area (Å²) in [6, 6.07) is 1.80. The predicted molar refractivity (Wildman–Crippen MR) is 62.6 cm³/mol. The van der Waals surface area contributed by atoms with E-state index in [-0.39, 0.29) is 6.10 Å². The van der Waals surface area contributed by atoms with Crippen molar-refractivity contribution in [3.63, 3.8) is 0 Å². The number of fused-ring (bicyclic) bond motifs is 1. The van der Waals surface area contributed by atoms with Crippen LogP contribution in [0, 0.1) is 17.8 Å². The Kier molecular flexibility index (Phi) is 2.74. The minimum Gasteiger partial charge on any atom is -0.481 e. The van der Waals surface area contributed by atoms with Crippen LogP contribution < -0.4 is 4.74 Å². The summed E-state index contributed by atoms with van der Waals surface area (Å²) in [7, 11) is 1.59. The minimum atomic E-state index is -0.262. The molecular formula is C13H18N2O2. The van der Waals surface area contributed by atoms with Crippen molar-refractivity contribution >= 4 is 0 Å². The molecule has 2 aliphatic carbocycles. The highest BCUT2D eigenvalue weighted by Gasteiger charge is 2.47. The lowest BCUT2D eigenvalue weighted by atomic mass is 9.93. The van der Waals surface area contributed by atoms with Crippen molar-refractivity contribution in [2.45, 2.75) is 31.8 Å². The molecule has 0 spiro atoms. The molecule has 1 N–H and O–H groups in total. The average molecular weight is 234 g/mol. The Balaban J connectivity index is 1.61. The molecule has 0 aliphatic heterocycles. The molecule has 4 nitrogen and oxygen atoms in total. The van der Waals surface area contributed by atoms with E-state index in [1.165, 1.54) is 25.6 Å². The Labute approximate surface area is 101 Å². The van der Waals surface area contributed by atoms with Crippen LogP contribution in [0.4, 0.5) is 0 Å². The number of aliphatic hydroxyl groups is 1. The topological polar surface area (TPSA) is 55.2 Å². The molecule has 4 heteroatoms. The van der Waals surface area contributed by atoms with Gasteiger partial charge < -0.3 is 9.84 Å². The molecule has 2 aliphatic rings. The molecule has 0 radical (unpaired) electrons. The summed E-state index contributed by atoms with van der Waals surface area (Å²) in [5, 5.41) is 10.2. The van der Waals surface area contributed by atoms with Crippen LogP contribution in [0.5, 0.6) is 5.88 Å². The molecule has 3 atom stereocenters. The fourth-order valence-electron chi connectivity index (χ4n) is 3.06. The zero-order chi connectivity index (χ0) is 11.8. The van der Waals surface area contributed by atoms with Gasteiger partial charge in [0.2, 0.25) is 5.88 Å². The van der Waals surface area contributed by atoms with Crippen molar-refractivity contribution in [2.24, 2.45) is 17.8 Å². The smallest absolute Gasteiger partial charge is 0.216 e. The van der Waals surface area contributed by atoms with Gasteiger partial charge in [-0.2, -0.15) is 0 Å². The number of methoxy groups -OCH3 is 1. The molecule has 0 amide bonds. The van der Waals surface area contributed by atoms with E-state index in [0.29, 0.717) is 18.2 Å². The van der Waals surface area contributed by atoms with Gasteiger partial charge in [0.05, 0.1) is 18.9 Å². The number of hydrogen-bond acceptors (Lipinski definition) is 4. The van der Waals surface area contributed by atoms with Crippen molar-refractivity contribution in [3.8, 4) is 5.88 Å². The SMILES string of the molecule is COc1cc(CC(O)C2CC3CC3C2)ncn1. The average Bonchev–Trinajstić information content (AvgIpc) is 2.96. The first-order valence-electron chi connectivity index (χ1n) is 6.29. The molecular weight excluding hydrogens is 216 g/mol. The maximum absolute atomic E-state index is 10.2. The van der Waals surface area contributed by atoms with Crippen LogP contribution in [0.2, 0.25) is 0 Å². The number of hydrogen-bond donors (Lipinski definition) is 1. The van der Waals surface area contributed by atoms with Gasteiger partial charge in [0.15, 0.2) is 0 Å². The molecule has 0 aromatic carbocycles. The second-order valence-electron chi connectivity index (χ2n) is 5.31. The third kappa shape index (κ3) is 2.27. The largest absolute Gasteiger partial charge is 0.481 e. The molecule has 1 aromatic rings. The summed E-state index contributed by atoms with van der Waals surface area (Å²) in [5.74, 6) is 2.86. The van der Waals surface area contributed by atoms with E-state index in [0.717, 1.165) is 17.5 Å². The van der Waals surface area contributed by atoms with Crippen LogP contribution in [0.3, 0.4) is 0 Å². The monoisotopic (exact) mass is 234 g/mol. The summed E-state index contributed by atoms with van der Waals surface area (Å²) >= 11 is 0. The van der Waals surface area contributed by atoms with Crippen molar-refractivity contribution in [1.29, 1.82) is 0 Å². The fraction of sp³-hybridized carbons (Fsp3) is 0.692. The quantitative estimate of drug-likeness (QED) is 0.856. The van der Waals surface area contributed by atoms with Crippen LogP contribution >= 0.6 is 0 Å². The van der Waals surface area contributed by atoms with E-state index in [1.807, 2.05) is 0 Å². The molecule has 0 bridgehead atoms. The number of nitrogens with zero attached hydrogens (tertiary/aromatic N) is 2. The number of aromatic nitrogens is 2. The Morgan fingerprint density at radius 3 is 2.82 bits per heavy atom. The van der Waals surface area contributed by atoms with Crippen LogP contribution in [-0.4, -0.2) is 28.3 Å². The molecule has 17 heavy (non-hydrogen) atoms. The summed E-state index contributed by atoms with van der Waals surface area (Å²) in [4.78, 5) is 8.14. The zero-order valence-corrected chi connectivity index (χ0v) is 10.0. The third-order valence-electron chi connectivity index (χ3n) is 4.15. The highest BCUT2D eigenvalue weighted by Crippen LogP contribution is 2.55. The standard InChI is InChI=1S/C13H18N2O2/c1-17-13-6-11(14-7-15-13)5-12(16)10-3-8-2-9(8)4-10/h6-10,12,16H,2-5H2,1H3. The normalized spacial score (nSPS) is 32.0. The Bertz CT molecular complexity index is 400. The molecule has 0 saturated heterocycles. The van der Waals surface area contributed by atoms with E-state index in [9.17, 15) is 5.11 Å². The van der Waals surface area contributed by atoms with Gasteiger partial charge in [-0.1, -0.05) is 0 Å². The Morgan fingerprint density at radius 1 is 1.35 bits per heavy atom. The second kappa shape index (κ2) is 4.26. The van der Waals surface area contributed by atoms with Crippen LogP contribution in [0.15, 0.2) is 12.4 Å². The van der Waals surface area contributed by atoms with Crippen LogP contribution in [0.25, 0.3) is 0 Å². The van der Waals surface area contributed by atoms with Gasteiger partial charge >= 0.3 is 0 Å². The molecule has 1 heterocycles. The van der Waals surface area contributed by atoms with Gasteiger partial charge in [0, 0.05) is 12.5 Å². The van der Waals surface area contributed by atoms with Gasteiger partial charge in [-0.15, -0.1) is 0 Å². The minimum absolute atomic E-state index is 0.262. The van der Waals surface area contributed by atoms with E-state index in [4.69, 9.17) is 4.74 Å². The van der Waals surface area contributed by atoms with Crippen molar-refractivity contribution in [1.82, 2.24) is 9.97 Å². The van der Waals surface area contributed by atoms with Gasteiger partial charge in [-0.25, -0.2) is 9.97 Å². The first-order valence-corrected chi connectivity index (χ1v) is 6.29. The van der Waals surface area contributed by atoms with Crippen LogP contribution in [0.1, 0.15) is 25.0 Å². The maximum Gasteiger partial charge on any atom is 0.216 e. The predicted octanol–water partition coefficient (Wildman–Crippen LogP) is 1.43. The second-order valence-corrected chi connectivity index (χ2v) is 5.31. The van der Waals surface area contributed by atoms with E-state index < -0.39 is 0 Å². The van der Waals surface area contributed by atoms with Crippen LogP contribution in [-0.2, 0) is 6.42 Å². The maximum atomic E-state index is 10.2. The molecule has 1 aromatic heterocycles. The van der Waals surface area contributed by atoms with Gasteiger partial charge in [-0.05, 0) is 37.0 Å². The number of aliphatic hydroxyl groups excluding tert-OH is 1. The van der Waals surface area contributed by atoms with Crippen molar-refractivity contribution < 1.29 is 9.84 Å². The lowest BCUT2D eigenvalue weighted by molar-refractivity contribution is 0.103. The lowest BCUT2D eigenvalue weighted by Gasteiger charge is -2.19. The summed E-state index contributed by atoms with van der Waals surface area (Å²) < 4.78 is 5.05. The zero-order valence-electron chi connectivity index (χ0n) is 10.0. The molecule has 92 valence electrons. The highest BCUT2D eigenvalue weighted by atomic mass is 16.5. The molecule has 2 saturated carbocycles. The van der Waals surface area contributed by atoms with E-state index in [1.54, 1.807) is 13.2 Å². The number of ether oxygens (including phenoxy) is 1. The van der Waals surface area contributed by atoms with Crippen molar-refractivity contribution in [2.75, 3.05) is 7.11 Å². The van der Waals surface area contributed by atoms with Gasteiger partial charge in [0.1, 0.15) is 6.33 Å². The first kappa shape index (κ1) is 11.0. The molecule has 3 rings (SSSR count). The molecule has 3 unspecified atom stereocenters. The Hall–Kier alpha value is -1.16. The summed E-state index contributed by atoms with van der Waals surface area (Å²) in [5.41, 5.74) is 0.866.